The molecule has 1 aromatic heterocycles. The van der Waals surface area contributed by atoms with Gasteiger partial charge in [-0.05, 0) is 29.8 Å². The van der Waals surface area contributed by atoms with Crippen LogP contribution in [0.5, 0.6) is 0 Å². The van der Waals surface area contributed by atoms with Gasteiger partial charge >= 0.3 is 0 Å². The Morgan fingerprint density at radius 2 is 1.95 bits per heavy atom. The van der Waals surface area contributed by atoms with E-state index >= 15 is 0 Å². The maximum absolute atomic E-state index is 6.22. The van der Waals surface area contributed by atoms with Crippen LogP contribution < -0.4 is 10.6 Å². The first-order chi connectivity index (χ1) is 10.1. The summed E-state index contributed by atoms with van der Waals surface area (Å²) in [6, 6.07) is 13.5. The number of nitrogens with zero attached hydrogens (tertiary/aromatic N) is 3. The van der Waals surface area contributed by atoms with Gasteiger partial charge in [0.25, 0.3) is 0 Å². The van der Waals surface area contributed by atoms with Gasteiger partial charge in [-0.1, -0.05) is 29.8 Å². The second-order valence-corrected chi connectivity index (χ2v) is 5.33. The number of halogens is 1. The molecular weight excluding hydrogens is 284 g/mol. The van der Waals surface area contributed by atoms with Crippen LogP contribution in [0, 0.1) is 0 Å². The van der Waals surface area contributed by atoms with E-state index in [0.717, 1.165) is 27.3 Å². The Kier molecular flexibility index (Phi) is 3.62. The van der Waals surface area contributed by atoms with E-state index in [0.29, 0.717) is 12.2 Å². The molecule has 0 spiro atoms. The molecule has 106 valence electrons. The number of hydrogen-bond acceptors (Lipinski definition) is 4. The zero-order valence-electron chi connectivity index (χ0n) is 11.6. The van der Waals surface area contributed by atoms with Gasteiger partial charge in [-0.15, -0.1) is 0 Å². The first-order valence-corrected chi connectivity index (χ1v) is 6.98. The third-order valence-corrected chi connectivity index (χ3v) is 3.74. The topological polar surface area (TPSA) is 55.0 Å². The molecule has 0 aliphatic rings. The molecule has 3 aromatic rings. The van der Waals surface area contributed by atoms with Gasteiger partial charge in [0.1, 0.15) is 12.1 Å². The van der Waals surface area contributed by atoms with Gasteiger partial charge in [-0.3, -0.25) is 0 Å². The second-order valence-electron chi connectivity index (χ2n) is 4.92. The minimum atomic E-state index is 0.677. The monoisotopic (exact) mass is 298 g/mol. The van der Waals surface area contributed by atoms with Crippen molar-refractivity contribution >= 4 is 34.0 Å². The quantitative estimate of drug-likeness (QED) is 0.752. The van der Waals surface area contributed by atoms with Crippen LogP contribution in [0.25, 0.3) is 10.9 Å². The predicted octanol–water partition coefficient (Wildman–Crippen LogP) is 3.50. The molecule has 5 heteroatoms. The number of nitrogen functional groups attached to an aromatic ring is 1. The third kappa shape index (κ3) is 2.76. The maximum atomic E-state index is 6.22. The standard InChI is InChI=1S/C16H15ClN4/c1-21(9-11-4-2-3-5-14(11)17)16-13-7-6-12(18)8-15(13)19-10-20-16/h2-8,10H,9,18H2,1H3. The number of anilines is 2. The summed E-state index contributed by atoms with van der Waals surface area (Å²) in [7, 11) is 1.99. The lowest BCUT2D eigenvalue weighted by Gasteiger charge is -2.20. The molecule has 0 radical (unpaired) electrons. The average Bonchev–Trinajstić information content (AvgIpc) is 2.48. The fourth-order valence-corrected chi connectivity index (χ4v) is 2.52. The van der Waals surface area contributed by atoms with Crippen LogP contribution in [-0.4, -0.2) is 17.0 Å². The molecule has 2 aromatic carbocycles. The molecule has 0 bridgehead atoms. The van der Waals surface area contributed by atoms with Crippen molar-refractivity contribution in [1.29, 1.82) is 0 Å². The molecule has 0 fully saturated rings. The number of hydrogen-bond donors (Lipinski definition) is 1. The van der Waals surface area contributed by atoms with Gasteiger partial charge in [-0.2, -0.15) is 0 Å². The first-order valence-electron chi connectivity index (χ1n) is 6.60. The van der Waals surface area contributed by atoms with Crippen LogP contribution in [0.1, 0.15) is 5.56 Å². The number of benzene rings is 2. The molecule has 1 heterocycles. The Morgan fingerprint density at radius 3 is 2.76 bits per heavy atom. The maximum Gasteiger partial charge on any atom is 0.139 e. The van der Waals surface area contributed by atoms with Crippen LogP contribution in [-0.2, 0) is 6.54 Å². The van der Waals surface area contributed by atoms with E-state index in [9.17, 15) is 0 Å². The Balaban J connectivity index is 1.98. The van der Waals surface area contributed by atoms with Crippen LogP contribution in [0.15, 0.2) is 48.8 Å². The van der Waals surface area contributed by atoms with Crippen molar-refractivity contribution < 1.29 is 0 Å². The van der Waals surface area contributed by atoms with E-state index in [1.54, 1.807) is 6.33 Å². The SMILES string of the molecule is CN(Cc1ccccc1Cl)c1ncnc2cc(N)ccc12. The number of rotatable bonds is 3. The Labute approximate surface area is 128 Å². The van der Waals surface area contributed by atoms with Crippen molar-refractivity contribution in [2.45, 2.75) is 6.54 Å². The highest BCUT2D eigenvalue weighted by Crippen LogP contribution is 2.26. The average molecular weight is 299 g/mol. The van der Waals surface area contributed by atoms with Gasteiger partial charge in [0.05, 0.1) is 5.52 Å². The Hall–Kier alpha value is -2.33. The largest absolute Gasteiger partial charge is 0.399 e. The fraction of sp³-hybridized carbons (Fsp3) is 0.125. The molecule has 0 saturated carbocycles. The lowest BCUT2D eigenvalue weighted by atomic mass is 10.2. The molecule has 21 heavy (non-hydrogen) atoms. The highest BCUT2D eigenvalue weighted by molar-refractivity contribution is 6.31. The lowest BCUT2D eigenvalue weighted by molar-refractivity contribution is 0.900. The van der Waals surface area contributed by atoms with Crippen LogP contribution in [0.2, 0.25) is 5.02 Å². The van der Waals surface area contributed by atoms with Crippen molar-refractivity contribution in [2.75, 3.05) is 17.7 Å². The van der Waals surface area contributed by atoms with Crippen LogP contribution >= 0.6 is 11.6 Å². The lowest BCUT2D eigenvalue weighted by Crippen LogP contribution is -2.18. The summed E-state index contributed by atoms with van der Waals surface area (Å²) in [6.07, 6.45) is 1.56. The smallest absolute Gasteiger partial charge is 0.139 e. The summed E-state index contributed by atoms with van der Waals surface area (Å²) in [6.45, 7) is 0.677. The van der Waals surface area contributed by atoms with E-state index in [4.69, 9.17) is 17.3 Å². The zero-order chi connectivity index (χ0) is 14.8. The van der Waals surface area contributed by atoms with Crippen molar-refractivity contribution in [2.24, 2.45) is 0 Å². The van der Waals surface area contributed by atoms with Gasteiger partial charge < -0.3 is 10.6 Å². The third-order valence-electron chi connectivity index (χ3n) is 3.37. The highest BCUT2D eigenvalue weighted by atomic mass is 35.5. The Bertz CT molecular complexity index is 788. The number of fused-ring (bicyclic) bond motifs is 1. The zero-order valence-corrected chi connectivity index (χ0v) is 12.4. The predicted molar refractivity (Wildman–Crippen MR) is 87.5 cm³/mol. The van der Waals surface area contributed by atoms with E-state index < -0.39 is 0 Å². The van der Waals surface area contributed by atoms with Crippen molar-refractivity contribution in [1.82, 2.24) is 9.97 Å². The normalized spacial score (nSPS) is 10.8. The van der Waals surface area contributed by atoms with E-state index in [1.807, 2.05) is 49.5 Å². The van der Waals surface area contributed by atoms with E-state index in [-0.39, 0.29) is 0 Å². The first kappa shape index (κ1) is 13.6. The summed E-state index contributed by atoms with van der Waals surface area (Å²) in [5.74, 6) is 0.861. The van der Waals surface area contributed by atoms with Crippen molar-refractivity contribution in [3.05, 3.63) is 59.4 Å². The summed E-state index contributed by atoms with van der Waals surface area (Å²) >= 11 is 6.22. The number of aromatic nitrogens is 2. The molecule has 0 aliphatic carbocycles. The van der Waals surface area contributed by atoms with E-state index in [1.165, 1.54) is 0 Å². The molecule has 0 atom stereocenters. The van der Waals surface area contributed by atoms with Gasteiger partial charge in [0.15, 0.2) is 0 Å². The molecule has 4 nitrogen and oxygen atoms in total. The summed E-state index contributed by atoms with van der Waals surface area (Å²) in [4.78, 5) is 10.7. The molecule has 0 saturated heterocycles. The number of nitrogens with two attached hydrogens (primary N) is 1. The van der Waals surface area contributed by atoms with Crippen molar-refractivity contribution in [3.8, 4) is 0 Å². The minimum absolute atomic E-state index is 0.677. The molecule has 0 aliphatic heterocycles. The minimum Gasteiger partial charge on any atom is -0.399 e. The molecule has 0 amide bonds. The van der Waals surface area contributed by atoms with Gasteiger partial charge in [0.2, 0.25) is 0 Å². The summed E-state index contributed by atoms with van der Waals surface area (Å²) in [5.41, 5.74) is 8.40. The molecule has 3 rings (SSSR count). The highest BCUT2D eigenvalue weighted by Gasteiger charge is 2.10. The fourth-order valence-electron chi connectivity index (χ4n) is 2.32. The summed E-state index contributed by atoms with van der Waals surface area (Å²) < 4.78 is 0. The Morgan fingerprint density at radius 1 is 1.14 bits per heavy atom. The molecular formula is C16H15ClN4. The summed E-state index contributed by atoms with van der Waals surface area (Å²) in [5, 5.41) is 1.73. The van der Waals surface area contributed by atoms with Crippen LogP contribution in [0.4, 0.5) is 11.5 Å². The van der Waals surface area contributed by atoms with Crippen molar-refractivity contribution in [3.63, 3.8) is 0 Å². The van der Waals surface area contributed by atoms with Gasteiger partial charge in [0, 0.05) is 29.7 Å². The van der Waals surface area contributed by atoms with Crippen LogP contribution in [0.3, 0.4) is 0 Å². The van der Waals surface area contributed by atoms with E-state index in [2.05, 4.69) is 14.9 Å². The second kappa shape index (κ2) is 5.58. The molecule has 0 unspecified atom stereocenters. The molecule has 2 N–H and O–H groups in total. The van der Waals surface area contributed by atoms with Gasteiger partial charge in [-0.25, -0.2) is 9.97 Å².